The van der Waals surface area contributed by atoms with Gasteiger partial charge in [-0.15, -0.1) is 0 Å². The van der Waals surface area contributed by atoms with E-state index < -0.39 is 6.04 Å². The van der Waals surface area contributed by atoms with Crippen molar-refractivity contribution in [3.8, 4) is 5.75 Å². The summed E-state index contributed by atoms with van der Waals surface area (Å²) in [6.07, 6.45) is 0. The van der Waals surface area contributed by atoms with Crippen LogP contribution < -0.4 is 15.4 Å². The lowest BCUT2D eigenvalue weighted by molar-refractivity contribution is -0.125. The Balaban J connectivity index is 2.33. The molecule has 0 spiro atoms. The Morgan fingerprint density at radius 2 is 2.24 bits per heavy atom. The minimum absolute atomic E-state index is 0.198. The molecular formula is C14H18ClN3O3. The topological polar surface area (TPSA) is 70.7 Å². The van der Waals surface area contributed by atoms with Crippen molar-refractivity contribution < 1.29 is 14.3 Å². The molecule has 1 heterocycles. The molecule has 2 rings (SSSR count). The molecule has 2 amide bonds. The third kappa shape index (κ3) is 3.28. The van der Waals surface area contributed by atoms with Crippen LogP contribution in [-0.2, 0) is 4.79 Å². The number of carbonyl (C=O) groups excluding carboxylic acids is 2. The van der Waals surface area contributed by atoms with Crippen molar-refractivity contribution in [1.29, 1.82) is 0 Å². The van der Waals surface area contributed by atoms with Gasteiger partial charge < -0.3 is 20.3 Å². The summed E-state index contributed by atoms with van der Waals surface area (Å²) in [4.78, 5) is 26.2. The van der Waals surface area contributed by atoms with Crippen molar-refractivity contribution in [3.05, 3.63) is 28.8 Å². The highest BCUT2D eigenvalue weighted by atomic mass is 35.5. The highest BCUT2D eigenvalue weighted by Gasteiger charge is 2.33. The Hall–Kier alpha value is -1.79. The second-order valence-electron chi connectivity index (χ2n) is 4.68. The number of rotatable bonds is 3. The molecule has 1 aromatic carbocycles. The van der Waals surface area contributed by atoms with Crippen LogP contribution in [0.5, 0.6) is 5.75 Å². The lowest BCUT2D eigenvalue weighted by Crippen LogP contribution is -2.59. The molecular weight excluding hydrogens is 294 g/mol. The molecule has 1 saturated heterocycles. The first-order valence-corrected chi connectivity index (χ1v) is 7.03. The van der Waals surface area contributed by atoms with Crippen LogP contribution in [0.2, 0.25) is 5.02 Å². The first-order chi connectivity index (χ1) is 10.1. The van der Waals surface area contributed by atoms with Crippen molar-refractivity contribution in [2.75, 3.05) is 33.8 Å². The first-order valence-electron chi connectivity index (χ1n) is 6.65. The van der Waals surface area contributed by atoms with E-state index in [4.69, 9.17) is 16.3 Å². The molecule has 1 unspecified atom stereocenters. The van der Waals surface area contributed by atoms with E-state index in [1.165, 1.54) is 7.11 Å². The van der Waals surface area contributed by atoms with E-state index in [0.717, 1.165) is 0 Å². The zero-order chi connectivity index (χ0) is 15.4. The van der Waals surface area contributed by atoms with Gasteiger partial charge in [0.1, 0.15) is 11.8 Å². The summed E-state index contributed by atoms with van der Waals surface area (Å²) in [5, 5.41) is 6.14. The summed E-state index contributed by atoms with van der Waals surface area (Å²) < 4.78 is 5.21. The molecule has 21 heavy (non-hydrogen) atoms. The zero-order valence-corrected chi connectivity index (χ0v) is 12.7. The van der Waals surface area contributed by atoms with Crippen molar-refractivity contribution in [3.63, 3.8) is 0 Å². The van der Waals surface area contributed by atoms with Crippen molar-refractivity contribution in [2.45, 2.75) is 6.04 Å². The van der Waals surface area contributed by atoms with Gasteiger partial charge >= 0.3 is 0 Å². The molecule has 0 bridgehead atoms. The van der Waals surface area contributed by atoms with Crippen LogP contribution in [0.15, 0.2) is 18.2 Å². The van der Waals surface area contributed by atoms with Crippen molar-refractivity contribution in [1.82, 2.24) is 15.5 Å². The molecule has 1 aromatic rings. The summed E-state index contributed by atoms with van der Waals surface area (Å²) in [5.74, 6) is -0.0143. The van der Waals surface area contributed by atoms with E-state index in [1.807, 2.05) is 0 Å². The minimum atomic E-state index is -0.542. The number of benzene rings is 1. The molecule has 1 aliphatic rings. The Kier molecular flexibility index (Phi) is 5.03. The second kappa shape index (κ2) is 6.78. The highest BCUT2D eigenvalue weighted by Crippen LogP contribution is 2.25. The quantitative estimate of drug-likeness (QED) is 0.853. The summed E-state index contributed by atoms with van der Waals surface area (Å²) in [7, 11) is 3.05. The van der Waals surface area contributed by atoms with Gasteiger partial charge in [-0.2, -0.15) is 0 Å². The van der Waals surface area contributed by atoms with Gasteiger partial charge in [0.25, 0.3) is 5.91 Å². The number of hydrogen-bond acceptors (Lipinski definition) is 4. The fraction of sp³-hybridized carbons (Fsp3) is 0.429. The average Bonchev–Trinajstić information content (AvgIpc) is 2.53. The smallest absolute Gasteiger partial charge is 0.258 e. The van der Waals surface area contributed by atoms with Crippen LogP contribution in [0.4, 0.5) is 0 Å². The molecule has 2 N–H and O–H groups in total. The number of piperazine rings is 1. The lowest BCUT2D eigenvalue weighted by Gasteiger charge is -2.35. The van der Waals surface area contributed by atoms with Gasteiger partial charge in [-0.1, -0.05) is 11.6 Å². The summed E-state index contributed by atoms with van der Waals surface area (Å²) in [5.41, 5.74) is 0.362. The Labute approximate surface area is 128 Å². The number of likely N-dealkylation sites (N-methyl/N-ethyl adjacent to an activating group) is 1. The van der Waals surface area contributed by atoms with Crippen molar-refractivity contribution >= 4 is 23.4 Å². The summed E-state index contributed by atoms with van der Waals surface area (Å²) in [6.45, 7) is 1.52. The maximum absolute atomic E-state index is 12.7. The minimum Gasteiger partial charge on any atom is -0.496 e. The fourth-order valence-corrected chi connectivity index (χ4v) is 2.52. The van der Waals surface area contributed by atoms with E-state index in [2.05, 4.69) is 10.6 Å². The van der Waals surface area contributed by atoms with E-state index in [0.29, 0.717) is 36.0 Å². The molecule has 6 nitrogen and oxygen atoms in total. The Morgan fingerprint density at radius 1 is 1.48 bits per heavy atom. The van der Waals surface area contributed by atoms with Crippen molar-refractivity contribution in [2.24, 2.45) is 0 Å². The maximum atomic E-state index is 12.7. The number of nitrogens with one attached hydrogen (secondary N) is 2. The van der Waals surface area contributed by atoms with Crippen LogP contribution in [0.3, 0.4) is 0 Å². The predicted octanol–water partition coefficient (Wildman–Crippen LogP) is 0.509. The van der Waals surface area contributed by atoms with Gasteiger partial charge in [-0.05, 0) is 18.2 Å². The number of hydrogen-bond donors (Lipinski definition) is 2. The summed E-state index contributed by atoms with van der Waals surface area (Å²) >= 11 is 5.97. The van der Waals surface area contributed by atoms with E-state index >= 15 is 0 Å². The molecule has 1 aliphatic heterocycles. The van der Waals surface area contributed by atoms with Crippen LogP contribution >= 0.6 is 11.6 Å². The molecule has 0 saturated carbocycles. The van der Waals surface area contributed by atoms with Gasteiger partial charge in [-0.25, -0.2) is 0 Å². The highest BCUT2D eigenvalue weighted by molar-refractivity contribution is 6.31. The third-order valence-electron chi connectivity index (χ3n) is 3.45. The Bertz CT molecular complexity index is 550. The fourth-order valence-electron chi connectivity index (χ4n) is 2.35. The monoisotopic (exact) mass is 311 g/mol. The van der Waals surface area contributed by atoms with Gasteiger partial charge in [0, 0.05) is 31.7 Å². The molecule has 1 fully saturated rings. The molecule has 0 aromatic heterocycles. The third-order valence-corrected chi connectivity index (χ3v) is 3.68. The van der Waals surface area contributed by atoms with Crippen LogP contribution in [0, 0.1) is 0 Å². The molecule has 1 atom stereocenters. The van der Waals surface area contributed by atoms with E-state index in [1.54, 1.807) is 30.1 Å². The molecule has 0 radical (unpaired) electrons. The number of halogens is 1. The van der Waals surface area contributed by atoms with E-state index in [-0.39, 0.29) is 11.8 Å². The number of carbonyl (C=O) groups is 2. The molecule has 0 aliphatic carbocycles. The van der Waals surface area contributed by atoms with Gasteiger partial charge in [-0.3, -0.25) is 9.59 Å². The zero-order valence-electron chi connectivity index (χ0n) is 12.0. The lowest BCUT2D eigenvalue weighted by atomic mass is 10.1. The first kappa shape index (κ1) is 15.6. The van der Waals surface area contributed by atoms with Crippen LogP contribution in [0.1, 0.15) is 10.4 Å². The van der Waals surface area contributed by atoms with Crippen LogP contribution in [-0.4, -0.2) is 56.5 Å². The number of amides is 2. The van der Waals surface area contributed by atoms with E-state index in [9.17, 15) is 9.59 Å². The van der Waals surface area contributed by atoms with Crippen LogP contribution in [0.25, 0.3) is 0 Å². The maximum Gasteiger partial charge on any atom is 0.258 e. The standard InChI is InChI=1S/C14H18ClN3O3/c1-16-13(19)11-8-17-5-6-18(11)14(20)10-7-9(15)3-4-12(10)21-2/h3-4,7,11,17H,5-6,8H2,1-2H3,(H,16,19). The Morgan fingerprint density at radius 3 is 2.90 bits per heavy atom. The number of methoxy groups -OCH3 is 1. The van der Waals surface area contributed by atoms with Gasteiger partial charge in [0.2, 0.25) is 5.91 Å². The second-order valence-corrected chi connectivity index (χ2v) is 5.11. The summed E-state index contributed by atoms with van der Waals surface area (Å²) in [6, 6.07) is 4.32. The number of nitrogens with zero attached hydrogens (tertiary/aromatic N) is 1. The largest absolute Gasteiger partial charge is 0.496 e. The predicted molar refractivity (Wildman–Crippen MR) is 79.8 cm³/mol. The normalized spacial score (nSPS) is 18.2. The van der Waals surface area contributed by atoms with Gasteiger partial charge in [0.05, 0.1) is 12.7 Å². The SMILES string of the molecule is CNC(=O)C1CNCCN1C(=O)c1cc(Cl)ccc1OC. The molecule has 7 heteroatoms. The average molecular weight is 312 g/mol. The molecule has 114 valence electrons. The number of ether oxygens (including phenoxy) is 1. The van der Waals surface area contributed by atoms with Gasteiger partial charge in [0.15, 0.2) is 0 Å².